The molecule has 0 radical (unpaired) electrons. The number of amides is 1. The van der Waals surface area contributed by atoms with Gasteiger partial charge in [0.05, 0.1) is 17.8 Å². The molecule has 1 aliphatic carbocycles. The van der Waals surface area contributed by atoms with Crippen molar-refractivity contribution in [3.8, 4) is 0 Å². The Morgan fingerprint density at radius 3 is 2.40 bits per heavy atom. The van der Waals surface area contributed by atoms with E-state index in [9.17, 15) is 17.6 Å². The van der Waals surface area contributed by atoms with E-state index in [4.69, 9.17) is 0 Å². The zero-order valence-corrected chi connectivity index (χ0v) is 24.8. The van der Waals surface area contributed by atoms with Gasteiger partial charge in [-0.3, -0.25) is 4.79 Å². The molecule has 4 aromatic rings. The smallest absolute Gasteiger partial charge is 0.243 e. The standard InChI is InChI=1S/C32H33FN4O3S2/c33-27-11-3-4-13-29(27)36-16-18-37(19-17-36)30-15-14-24(34-32(38)22-25-9-6-20-41-25)21-31(30)42(39,40)35-28-12-5-8-23-7-1-2-10-26(23)28/h1-4,6-7,9-11,13-15,20-21,28,35H,5,8,12,16-19,22H2,(H,34,38). The van der Waals surface area contributed by atoms with Gasteiger partial charge in [-0.2, -0.15) is 0 Å². The maximum atomic E-state index is 14.4. The fourth-order valence-corrected chi connectivity index (χ4v) is 8.07. The Morgan fingerprint density at radius 1 is 0.905 bits per heavy atom. The Kier molecular flexibility index (Phi) is 8.28. The van der Waals surface area contributed by atoms with E-state index >= 15 is 0 Å². The molecule has 2 N–H and O–H groups in total. The van der Waals surface area contributed by atoms with Crippen LogP contribution in [0.15, 0.2) is 89.1 Å². The van der Waals surface area contributed by atoms with Crippen LogP contribution >= 0.6 is 11.3 Å². The SMILES string of the molecule is O=C(Cc1cccs1)Nc1ccc(N2CCN(c3ccccc3F)CC2)c(S(=O)(=O)NC2CCCc3ccccc32)c1. The number of para-hydroxylation sites is 1. The van der Waals surface area contributed by atoms with E-state index in [-0.39, 0.29) is 29.1 Å². The zero-order valence-electron chi connectivity index (χ0n) is 23.1. The number of nitrogens with one attached hydrogen (secondary N) is 2. The summed E-state index contributed by atoms with van der Waals surface area (Å²) < 4.78 is 45.6. The number of nitrogens with zero attached hydrogens (tertiary/aromatic N) is 2. The first kappa shape index (κ1) is 28.4. The Labute approximate surface area is 250 Å². The Bertz CT molecular complexity index is 1670. The first-order chi connectivity index (χ1) is 20.4. The summed E-state index contributed by atoms with van der Waals surface area (Å²) in [5, 5.41) is 4.80. The van der Waals surface area contributed by atoms with E-state index in [2.05, 4.69) is 16.1 Å². The number of halogens is 1. The number of carbonyl (C=O) groups excluding carboxylic acids is 1. The van der Waals surface area contributed by atoms with Gasteiger partial charge in [0.1, 0.15) is 10.7 Å². The van der Waals surface area contributed by atoms with Crippen molar-refractivity contribution < 1.29 is 17.6 Å². The zero-order chi connectivity index (χ0) is 29.1. The summed E-state index contributed by atoms with van der Waals surface area (Å²) in [6.45, 7) is 2.13. The fraction of sp³-hybridized carbons (Fsp3) is 0.281. The number of piperazine rings is 1. The number of aryl methyl sites for hydroxylation is 1. The van der Waals surface area contributed by atoms with Gasteiger partial charge in [0.2, 0.25) is 15.9 Å². The number of hydrogen-bond acceptors (Lipinski definition) is 6. The third-order valence-electron chi connectivity index (χ3n) is 7.93. The predicted molar refractivity (Wildman–Crippen MR) is 166 cm³/mol. The molecule has 1 fully saturated rings. The normalized spacial score (nSPS) is 17.1. The summed E-state index contributed by atoms with van der Waals surface area (Å²) in [7, 11) is -3.98. The van der Waals surface area contributed by atoms with Crippen LogP contribution in [0.2, 0.25) is 0 Å². The van der Waals surface area contributed by atoms with Crippen molar-refractivity contribution >= 4 is 44.3 Å². The van der Waals surface area contributed by atoms with Crippen LogP contribution in [-0.2, 0) is 27.7 Å². The van der Waals surface area contributed by atoms with Crippen molar-refractivity contribution in [3.05, 3.63) is 106 Å². The molecule has 0 spiro atoms. The second-order valence-corrected chi connectivity index (χ2v) is 13.4. The van der Waals surface area contributed by atoms with Crippen LogP contribution in [0.25, 0.3) is 0 Å². The lowest BCUT2D eigenvalue weighted by molar-refractivity contribution is -0.115. The molecule has 42 heavy (non-hydrogen) atoms. The number of hydrogen-bond donors (Lipinski definition) is 2. The maximum absolute atomic E-state index is 14.4. The van der Waals surface area contributed by atoms with Gasteiger partial charge in [-0.15, -0.1) is 11.3 Å². The van der Waals surface area contributed by atoms with Crippen LogP contribution < -0.4 is 19.8 Å². The van der Waals surface area contributed by atoms with Gasteiger partial charge in [0.15, 0.2) is 0 Å². The van der Waals surface area contributed by atoms with E-state index in [1.54, 1.807) is 30.3 Å². The summed E-state index contributed by atoms with van der Waals surface area (Å²) >= 11 is 1.50. The van der Waals surface area contributed by atoms with Crippen LogP contribution in [0.1, 0.15) is 34.9 Å². The van der Waals surface area contributed by atoms with Crippen LogP contribution in [0.3, 0.4) is 0 Å². The average molecular weight is 605 g/mol. The molecule has 10 heteroatoms. The molecule has 1 amide bonds. The summed E-state index contributed by atoms with van der Waals surface area (Å²) in [6, 6.07) is 23.2. The molecule has 1 aromatic heterocycles. The van der Waals surface area contributed by atoms with E-state index in [0.29, 0.717) is 49.7 Å². The number of rotatable bonds is 8. The van der Waals surface area contributed by atoms with Crippen LogP contribution in [0.5, 0.6) is 0 Å². The number of anilines is 3. The summed E-state index contributed by atoms with van der Waals surface area (Å²) in [6.07, 6.45) is 2.76. The summed E-state index contributed by atoms with van der Waals surface area (Å²) in [5.41, 5.74) is 3.71. The topological polar surface area (TPSA) is 81.8 Å². The summed E-state index contributed by atoms with van der Waals surface area (Å²) in [4.78, 5) is 17.8. The molecule has 1 unspecified atom stereocenters. The van der Waals surface area contributed by atoms with Gasteiger partial charge in [0.25, 0.3) is 0 Å². The highest BCUT2D eigenvalue weighted by molar-refractivity contribution is 7.89. The van der Waals surface area contributed by atoms with E-state index in [0.717, 1.165) is 28.8 Å². The predicted octanol–water partition coefficient (Wildman–Crippen LogP) is 5.75. The largest absolute Gasteiger partial charge is 0.367 e. The first-order valence-corrected chi connectivity index (χ1v) is 16.5. The minimum atomic E-state index is -3.98. The van der Waals surface area contributed by atoms with Gasteiger partial charge in [0, 0.05) is 42.8 Å². The molecule has 1 saturated heterocycles. The van der Waals surface area contributed by atoms with Gasteiger partial charge < -0.3 is 15.1 Å². The fourth-order valence-electron chi connectivity index (χ4n) is 5.87. The summed E-state index contributed by atoms with van der Waals surface area (Å²) in [5.74, 6) is -0.477. The highest BCUT2D eigenvalue weighted by atomic mass is 32.2. The second kappa shape index (κ2) is 12.2. The quantitative estimate of drug-likeness (QED) is 0.268. The third kappa shape index (κ3) is 6.21. The third-order valence-corrected chi connectivity index (χ3v) is 10.3. The van der Waals surface area contributed by atoms with Crippen molar-refractivity contribution in [2.75, 3.05) is 41.3 Å². The number of fused-ring (bicyclic) bond motifs is 1. The average Bonchev–Trinajstić information content (AvgIpc) is 3.50. The highest BCUT2D eigenvalue weighted by Gasteiger charge is 2.30. The Balaban J connectivity index is 1.28. The van der Waals surface area contributed by atoms with Crippen molar-refractivity contribution in [2.24, 2.45) is 0 Å². The molecular formula is C32H33FN4O3S2. The van der Waals surface area contributed by atoms with Crippen LogP contribution in [0, 0.1) is 5.82 Å². The van der Waals surface area contributed by atoms with Crippen LogP contribution in [-0.4, -0.2) is 40.5 Å². The number of carbonyl (C=O) groups is 1. The Hall–Kier alpha value is -3.73. The first-order valence-electron chi connectivity index (χ1n) is 14.2. The highest BCUT2D eigenvalue weighted by Crippen LogP contribution is 2.35. The molecule has 1 atom stereocenters. The van der Waals surface area contributed by atoms with Gasteiger partial charge in [-0.05, 0) is 72.2 Å². The molecule has 0 saturated carbocycles. The number of sulfonamides is 1. The molecular weight excluding hydrogens is 572 g/mol. The van der Waals surface area contributed by atoms with Gasteiger partial charge in [-0.1, -0.05) is 42.5 Å². The molecule has 218 valence electrons. The van der Waals surface area contributed by atoms with Crippen LogP contribution in [0.4, 0.5) is 21.5 Å². The number of benzene rings is 3. The van der Waals surface area contributed by atoms with Crippen molar-refractivity contribution in [1.29, 1.82) is 0 Å². The van der Waals surface area contributed by atoms with E-state index in [1.165, 1.54) is 17.4 Å². The van der Waals surface area contributed by atoms with E-state index in [1.807, 2.05) is 51.6 Å². The number of thiophene rings is 1. The van der Waals surface area contributed by atoms with Crippen molar-refractivity contribution in [3.63, 3.8) is 0 Å². The molecule has 6 rings (SSSR count). The minimum absolute atomic E-state index is 0.124. The Morgan fingerprint density at radius 2 is 1.64 bits per heavy atom. The molecule has 1 aliphatic heterocycles. The van der Waals surface area contributed by atoms with Crippen molar-refractivity contribution in [2.45, 2.75) is 36.6 Å². The van der Waals surface area contributed by atoms with Gasteiger partial charge in [-0.25, -0.2) is 17.5 Å². The lowest BCUT2D eigenvalue weighted by atomic mass is 9.88. The lowest BCUT2D eigenvalue weighted by Crippen LogP contribution is -2.47. The monoisotopic (exact) mass is 604 g/mol. The molecule has 7 nitrogen and oxygen atoms in total. The minimum Gasteiger partial charge on any atom is -0.367 e. The molecule has 2 heterocycles. The molecule has 2 aliphatic rings. The second-order valence-electron chi connectivity index (χ2n) is 10.7. The maximum Gasteiger partial charge on any atom is 0.243 e. The lowest BCUT2D eigenvalue weighted by Gasteiger charge is -2.38. The molecule has 0 bridgehead atoms. The van der Waals surface area contributed by atoms with Gasteiger partial charge >= 0.3 is 0 Å². The molecule has 3 aromatic carbocycles. The van der Waals surface area contributed by atoms with Crippen molar-refractivity contribution in [1.82, 2.24) is 4.72 Å². The van der Waals surface area contributed by atoms with E-state index < -0.39 is 10.0 Å².